The Kier molecular flexibility index (Phi) is 3.80. The van der Waals surface area contributed by atoms with Crippen LogP contribution >= 0.6 is 0 Å². The number of anilines is 1. The van der Waals surface area contributed by atoms with Crippen molar-refractivity contribution in [1.82, 2.24) is 5.32 Å². The first kappa shape index (κ1) is 13.5. The van der Waals surface area contributed by atoms with E-state index in [0.29, 0.717) is 11.6 Å². The molecule has 6 nitrogen and oxygen atoms in total. The molecular weight excluding hydrogens is 246 g/mol. The van der Waals surface area contributed by atoms with Gasteiger partial charge in [-0.2, -0.15) is 0 Å². The van der Waals surface area contributed by atoms with E-state index in [1.807, 2.05) is 6.92 Å². The molecule has 1 amide bonds. The Bertz CT molecular complexity index is 486. The number of amides is 1. The van der Waals surface area contributed by atoms with Gasteiger partial charge in [0.2, 0.25) is 5.91 Å². The molecular formula is C13H17N3O3. The van der Waals surface area contributed by atoms with Gasteiger partial charge in [-0.3, -0.25) is 14.9 Å². The van der Waals surface area contributed by atoms with E-state index in [4.69, 9.17) is 0 Å². The van der Waals surface area contributed by atoms with Crippen LogP contribution in [0.2, 0.25) is 0 Å². The molecule has 1 aromatic rings. The molecule has 2 atom stereocenters. The molecule has 1 aliphatic rings. The van der Waals surface area contributed by atoms with Gasteiger partial charge >= 0.3 is 0 Å². The minimum absolute atomic E-state index is 0.00106. The molecule has 2 rings (SSSR count). The van der Waals surface area contributed by atoms with Gasteiger partial charge < -0.3 is 10.2 Å². The van der Waals surface area contributed by atoms with Crippen LogP contribution in [-0.4, -0.2) is 30.5 Å². The van der Waals surface area contributed by atoms with Gasteiger partial charge in [0.25, 0.3) is 5.69 Å². The zero-order chi connectivity index (χ0) is 14.0. The number of nitro groups is 1. The highest BCUT2D eigenvalue weighted by atomic mass is 16.6. The number of nitro benzene ring substituents is 1. The van der Waals surface area contributed by atoms with Gasteiger partial charge in [-0.15, -0.1) is 0 Å². The summed E-state index contributed by atoms with van der Waals surface area (Å²) in [5, 5.41) is 13.8. The molecule has 0 aromatic heterocycles. The van der Waals surface area contributed by atoms with Gasteiger partial charge in [-0.25, -0.2) is 0 Å². The molecule has 1 heterocycles. The van der Waals surface area contributed by atoms with E-state index in [9.17, 15) is 14.9 Å². The highest BCUT2D eigenvalue weighted by Gasteiger charge is 2.31. The highest BCUT2D eigenvalue weighted by Crippen LogP contribution is 2.22. The molecule has 102 valence electrons. The predicted octanol–water partition coefficient (Wildman–Crippen LogP) is 1.56. The van der Waals surface area contributed by atoms with Crippen molar-refractivity contribution < 1.29 is 9.72 Å². The maximum atomic E-state index is 12.3. The van der Waals surface area contributed by atoms with Crippen molar-refractivity contribution in [2.45, 2.75) is 19.4 Å². The topological polar surface area (TPSA) is 75.5 Å². The van der Waals surface area contributed by atoms with Gasteiger partial charge in [0.1, 0.15) is 0 Å². The number of rotatable bonds is 3. The molecule has 6 heteroatoms. The molecule has 1 aliphatic heterocycles. The fourth-order valence-corrected chi connectivity index (χ4v) is 2.30. The van der Waals surface area contributed by atoms with Gasteiger partial charge in [0.05, 0.1) is 11.0 Å². The summed E-state index contributed by atoms with van der Waals surface area (Å²) in [7, 11) is 1.69. The molecule has 1 saturated heterocycles. The number of non-ortho nitro benzene ring substituents is 1. The van der Waals surface area contributed by atoms with Crippen molar-refractivity contribution in [1.29, 1.82) is 0 Å². The third-order valence-corrected chi connectivity index (χ3v) is 3.58. The van der Waals surface area contributed by atoms with Crippen LogP contribution < -0.4 is 10.2 Å². The largest absolute Gasteiger partial charge is 0.314 e. The van der Waals surface area contributed by atoms with E-state index in [1.165, 1.54) is 12.1 Å². The number of carbonyl (C=O) groups excluding carboxylic acids is 1. The lowest BCUT2D eigenvalue weighted by atomic mass is 10.0. The average Bonchev–Trinajstić information content (AvgIpc) is 2.83. The Hall–Kier alpha value is -1.95. The van der Waals surface area contributed by atoms with Crippen molar-refractivity contribution in [3.63, 3.8) is 0 Å². The Morgan fingerprint density at radius 3 is 2.53 bits per heavy atom. The fraction of sp³-hybridized carbons (Fsp3) is 0.462. The molecule has 0 aliphatic carbocycles. The maximum absolute atomic E-state index is 12.3. The quantitative estimate of drug-likeness (QED) is 0.663. The Labute approximate surface area is 111 Å². The van der Waals surface area contributed by atoms with Crippen molar-refractivity contribution in [3.8, 4) is 0 Å². The number of carbonyl (C=O) groups is 1. The first-order valence-corrected chi connectivity index (χ1v) is 6.26. The smallest absolute Gasteiger partial charge is 0.269 e. The van der Waals surface area contributed by atoms with Gasteiger partial charge in [-0.1, -0.05) is 6.92 Å². The van der Waals surface area contributed by atoms with E-state index < -0.39 is 4.92 Å². The average molecular weight is 263 g/mol. The first-order valence-electron chi connectivity index (χ1n) is 6.26. The van der Waals surface area contributed by atoms with E-state index in [2.05, 4.69) is 5.32 Å². The van der Waals surface area contributed by atoms with Crippen LogP contribution in [0.1, 0.15) is 13.3 Å². The summed E-state index contributed by atoms with van der Waals surface area (Å²) < 4.78 is 0. The lowest BCUT2D eigenvalue weighted by Gasteiger charge is -2.23. The van der Waals surface area contributed by atoms with Crippen molar-refractivity contribution >= 4 is 17.3 Å². The Balaban J connectivity index is 2.12. The number of hydrogen-bond donors (Lipinski definition) is 1. The third-order valence-electron chi connectivity index (χ3n) is 3.58. The van der Waals surface area contributed by atoms with Crippen LogP contribution in [0.15, 0.2) is 24.3 Å². The zero-order valence-corrected chi connectivity index (χ0v) is 11.0. The Morgan fingerprint density at radius 1 is 1.42 bits per heavy atom. The number of benzene rings is 1. The van der Waals surface area contributed by atoms with Crippen LogP contribution in [0.5, 0.6) is 0 Å². The Morgan fingerprint density at radius 2 is 2.05 bits per heavy atom. The molecule has 0 spiro atoms. The summed E-state index contributed by atoms with van der Waals surface area (Å²) in [5.41, 5.74) is 0.688. The number of hydrogen-bond acceptors (Lipinski definition) is 4. The molecule has 19 heavy (non-hydrogen) atoms. The van der Waals surface area contributed by atoms with Gasteiger partial charge in [0.15, 0.2) is 0 Å². The molecule has 0 bridgehead atoms. The SMILES string of the molecule is CC1CCNC1C(=O)N(C)c1ccc([N+](=O)[O-])cc1. The van der Waals surface area contributed by atoms with Crippen molar-refractivity contribution in [2.24, 2.45) is 5.92 Å². The summed E-state index contributed by atoms with van der Waals surface area (Å²) in [5.74, 6) is 0.312. The standard InChI is InChI=1S/C13H17N3O3/c1-9-7-8-14-12(9)13(17)15(2)10-3-5-11(6-4-10)16(18)19/h3-6,9,12,14H,7-8H2,1-2H3. The van der Waals surface area contributed by atoms with Crippen LogP contribution in [0.3, 0.4) is 0 Å². The number of likely N-dealkylation sites (N-methyl/N-ethyl adjacent to an activating group) is 1. The first-order chi connectivity index (χ1) is 9.00. The van der Waals surface area contributed by atoms with Crippen molar-refractivity contribution in [2.75, 3.05) is 18.5 Å². The van der Waals surface area contributed by atoms with Gasteiger partial charge in [-0.05, 0) is 31.0 Å². The second-order valence-electron chi connectivity index (χ2n) is 4.87. The van der Waals surface area contributed by atoms with Crippen LogP contribution in [0.4, 0.5) is 11.4 Å². The predicted molar refractivity (Wildman–Crippen MR) is 72.1 cm³/mol. The van der Waals surface area contributed by atoms with Crippen LogP contribution in [-0.2, 0) is 4.79 Å². The van der Waals surface area contributed by atoms with E-state index >= 15 is 0 Å². The summed E-state index contributed by atoms with van der Waals surface area (Å²) in [6, 6.07) is 5.83. The number of nitrogens with zero attached hydrogens (tertiary/aromatic N) is 2. The summed E-state index contributed by atoms with van der Waals surface area (Å²) >= 11 is 0. The minimum Gasteiger partial charge on any atom is -0.314 e. The second-order valence-corrected chi connectivity index (χ2v) is 4.87. The monoisotopic (exact) mass is 263 g/mol. The van der Waals surface area contributed by atoms with Crippen molar-refractivity contribution in [3.05, 3.63) is 34.4 Å². The van der Waals surface area contributed by atoms with Gasteiger partial charge in [0, 0.05) is 24.9 Å². The van der Waals surface area contributed by atoms with E-state index in [1.54, 1.807) is 24.1 Å². The van der Waals surface area contributed by atoms with Crippen LogP contribution in [0.25, 0.3) is 0 Å². The molecule has 1 fully saturated rings. The lowest BCUT2D eigenvalue weighted by molar-refractivity contribution is -0.384. The number of nitrogens with one attached hydrogen (secondary N) is 1. The normalized spacial score (nSPS) is 22.2. The molecule has 0 saturated carbocycles. The van der Waals surface area contributed by atoms with E-state index in [-0.39, 0.29) is 17.6 Å². The lowest BCUT2D eigenvalue weighted by Crippen LogP contribution is -2.44. The highest BCUT2D eigenvalue weighted by molar-refractivity contribution is 5.97. The second kappa shape index (κ2) is 5.36. The molecule has 1 N–H and O–H groups in total. The molecule has 0 radical (unpaired) electrons. The maximum Gasteiger partial charge on any atom is 0.269 e. The van der Waals surface area contributed by atoms with E-state index in [0.717, 1.165) is 13.0 Å². The summed E-state index contributed by atoms with van der Waals surface area (Å²) in [4.78, 5) is 24.0. The fourth-order valence-electron chi connectivity index (χ4n) is 2.30. The summed E-state index contributed by atoms with van der Waals surface area (Å²) in [6.45, 7) is 2.90. The summed E-state index contributed by atoms with van der Waals surface area (Å²) in [6.07, 6.45) is 0.991. The zero-order valence-electron chi connectivity index (χ0n) is 11.0. The minimum atomic E-state index is -0.452. The third kappa shape index (κ3) is 2.73. The van der Waals surface area contributed by atoms with Crippen LogP contribution in [0, 0.1) is 16.0 Å². The molecule has 1 aromatic carbocycles. The molecule has 2 unspecified atom stereocenters.